The number of aliphatic imine (C=N–C) groups is 1. The van der Waals surface area contributed by atoms with Gasteiger partial charge in [0.2, 0.25) is 5.88 Å². The number of rotatable bonds is 10. The zero-order chi connectivity index (χ0) is 19.5. The highest BCUT2D eigenvalue weighted by molar-refractivity contribution is 14.0. The maximum Gasteiger partial charge on any atom is 0.213 e. The molecular formula is C20H31IN4O2S. The Morgan fingerprint density at radius 1 is 1.21 bits per heavy atom. The second kappa shape index (κ2) is 12.9. The number of hydrogen-bond donors (Lipinski definition) is 2. The van der Waals surface area contributed by atoms with Crippen LogP contribution in [0.3, 0.4) is 0 Å². The highest BCUT2D eigenvalue weighted by Gasteiger charge is 2.21. The van der Waals surface area contributed by atoms with Crippen molar-refractivity contribution in [3.63, 3.8) is 0 Å². The van der Waals surface area contributed by atoms with Gasteiger partial charge >= 0.3 is 0 Å². The number of methoxy groups -OCH3 is 1. The van der Waals surface area contributed by atoms with E-state index in [2.05, 4.69) is 58.9 Å². The zero-order valence-electron chi connectivity index (χ0n) is 17.0. The van der Waals surface area contributed by atoms with Crippen molar-refractivity contribution >= 4 is 41.3 Å². The summed E-state index contributed by atoms with van der Waals surface area (Å²) in [5.74, 6) is 1.41. The van der Waals surface area contributed by atoms with Crippen LogP contribution in [0.1, 0.15) is 31.2 Å². The van der Waals surface area contributed by atoms with Crippen molar-refractivity contribution in [3.05, 3.63) is 46.3 Å². The lowest BCUT2D eigenvalue weighted by atomic mass is 9.91. The van der Waals surface area contributed by atoms with Gasteiger partial charge in [0.1, 0.15) is 6.61 Å². The van der Waals surface area contributed by atoms with Crippen molar-refractivity contribution in [3.8, 4) is 5.88 Å². The molecule has 0 aromatic carbocycles. The average molecular weight is 518 g/mol. The van der Waals surface area contributed by atoms with Crippen LogP contribution in [-0.2, 0) is 16.7 Å². The molecule has 0 unspecified atom stereocenters. The number of aromatic nitrogens is 1. The van der Waals surface area contributed by atoms with E-state index in [1.54, 1.807) is 24.6 Å². The predicted molar refractivity (Wildman–Crippen MR) is 127 cm³/mol. The van der Waals surface area contributed by atoms with Crippen LogP contribution in [0.2, 0.25) is 0 Å². The summed E-state index contributed by atoms with van der Waals surface area (Å²) in [6, 6.07) is 8.12. The summed E-state index contributed by atoms with van der Waals surface area (Å²) in [6.07, 6.45) is 1.80. The van der Waals surface area contributed by atoms with Crippen LogP contribution in [0.5, 0.6) is 5.88 Å². The van der Waals surface area contributed by atoms with Gasteiger partial charge in [-0.25, -0.2) is 9.98 Å². The number of nitrogens with one attached hydrogen (secondary N) is 2. The lowest BCUT2D eigenvalue weighted by Crippen LogP contribution is -2.43. The molecule has 0 aliphatic carbocycles. The molecule has 0 saturated carbocycles. The number of guanidine groups is 1. The number of thiophene rings is 1. The third kappa shape index (κ3) is 8.32. The van der Waals surface area contributed by atoms with Crippen molar-refractivity contribution in [1.82, 2.24) is 15.6 Å². The van der Waals surface area contributed by atoms with Gasteiger partial charge in [-0.3, -0.25) is 0 Å². The minimum absolute atomic E-state index is 0. The monoisotopic (exact) mass is 518 g/mol. The molecule has 2 heterocycles. The van der Waals surface area contributed by atoms with Crippen molar-refractivity contribution in [2.45, 2.75) is 32.7 Å². The molecule has 0 aliphatic rings. The van der Waals surface area contributed by atoms with Gasteiger partial charge < -0.3 is 20.1 Å². The summed E-state index contributed by atoms with van der Waals surface area (Å²) >= 11 is 1.79. The Morgan fingerprint density at radius 2 is 2.04 bits per heavy atom. The molecule has 28 heavy (non-hydrogen) atoms. The Kier molecular flexibility index (Phi) is 11.4. The molecule has 0 saturated heterocycles. The molecule has 156 valence electrons. The molecule has 2 aromatic rings. The Hall–Kier alpha value is -1.39. The van der Waals surface area contributed by atoms with E-state index in [1.807, 2.05) is 12.1 Å². The van der Waals surface area contributed by atoms with Crippen LogP contribution < -0.4 is 15.4 Å². The predicted octanol–water partition coefficient (Wildman–Crippen LogP) is 3.82. The van der Waals surface area contributed by atoms with E-state index in [0.29, 0.717) is 25.6 Å². The van der Waals surface area contributed by atoms with E-state index in [9.17, 15) is 0 Å². The zero-order valence-corrected chi connectivity index (χ0v) is 20.2. The van der Waals surface area contributed by atoms with E-state index < -0.39 is 0 Å². The number of nitrogens with zero attached hydrogens (tertiary/aromatic N) is 2. The van der Waals surface area contributed by atoms with E-state index >= 15 is 0 Å². The van der Waals surface area contributed by atoms with Gasteiger partial charge in [-0.2, -0.15) is 0 Å². The summed E-state index contributed by atoms with van der Waals surface area (Å²) in [4.78, 5) is 10.3. The van der Waals surface area contributed by atoms with E-state index in [-0.39, 0.29) is 29.4 Å². The van der Waals surface area contributed by atoms with Crippen LogP contribution in [-0.4, -0.2) is 44.4 Å². The van der Waals surface area contributed by atoms with Gasteiger partial charge in [0.25, 0.3) is 0 Å². The lowest BCUT2D eigenvalue weighted by molar-refractivity contribution is 0.143. The van der Waals surface area contributed by atoms with Gasteiger partial charge in [-0.15, -0.1) is 35.3 Å². The number of halogens is 1. The third-order valence-electron chi connectivity index (χ3n) is 3.98. The molecule has 0 atom stereocenters. The van der Waals surface area contributed by atoms with Gasteiger partial charge in [0.15, 0.2) is 5.96 Å². The molecular weight excluding hydrogens is 487 g/mol. The van der Waals surface area contributed by atoms with E-state index in [1.165, 1.54) is 4.88 Å². The molecule has 0 radical (unpaired) electrons. The Bertz CT molecular complexity index is 691. The fourth-order valence-electron chi connectivity index (χ4n) is 2.39. The Morgan fingerprint density at radius 3 is 2.64 bits per heavy atom. The summed E-state index contributed by atoms with van der Waals surface area (Å²) in [7, 11) is 1.65. The lowest BCUT2D eigenvalue weighted by Gasteiger charge is -2.25. The van der Waals surface area contributed by atoms with Crippen LogP contribution in [0.4, 0.5) is 0 Å². The molecule has 0 spiro atoms. The van der Waals surface area contributed by atoms with Crippen molar-refractivity contribution in [1.29, 1.82) is 0 Å². The number of pyridine rings is 1. The van der Waals surface area contributed by atoms with E-state index in [0.717, 1.165) is 24.6 Å². The molecule has 8 heteroatoms. The van der Waals surface area contributed by atoms with Crippen molar-refractivity contribution in [2.75, 3.05) is 33.4 Å². The quantitative estimate of drug-likeness (QED) is 0.217. The minimum atomic E-state index is 0. The fourth-order valence-corrected chi connectivity index (χ4v) is 3.24. The van der Waals surface area contributed by atoms with Crippen LogP contribution in [0, 0.1) is 0 Å². The fraction of sp³-hybridized carbons (Fsp3) is 0.500. The maximum absolute atomic E-state index is 5.48. The summed E-state index contributed by atoms with van der Waals surface area (Å²) in [6.45, 7) is 9.77. The Balaban J connectivity index is 0.00000392. The average Bonchev–Trinajstić information content (AvgIpc) is 3.21. The molecule has 0 fully saturated rings. The summed E-state index contributed by atoms with van der Waals surface area (Å²) < 4.78 is 10.4. The first-order valence-corrected chi connectivity index (χ1v) is 10.1. The SMILES string of the molecule is CCNC(=NCc1ccc(OCCOC)nc1)NCC(C)(C)c1cccs1.I. The van der Waals surface area contributed by atoms with Crippen molar-refractivity contribution in [2.24, 2.45) is 4.99 Å². The van der Waals surface area contributed by atoms with Gasteiger partial charge in [-0.05, 0) is 23.9 Å². The highest BCUT2D eigenvalue weighted by atomic mass is 127. The normalized spacial score (nSPS) is 11.6. The van der Waals surface area contributed by atoms with Crippen LogP contribution >= 0.6 is 35.3 Å². The smallest absolute Gasteiger partial charge is 0.213 e. The van der Waals surface area contributed by atoms with Crippen LogP contribution in [0.15, 0.2) is 40.8 Å². The first-order valence-electron chi connectivity index (χ1n) is 9.18. The number of hydrogen-bond acceptors (Lipinski definition) is 5. The minimum Gasteiger partial charge on any atom is -0.475 e. The van der Waals surface area contributed by atoms with Crippen molar-refractivity contribution < 1.29 is 9.47 Å². The Labute approximate surface area is 189 Å². The molecule has 2 N–H and O–H groups in total. The first kappa shape index (κ1) is 24.6. The van der Waals surface area contributed by atoms with E-state index in [4.69, 9.17) is 9.47 Å². The second-order valence-electron chi connectivity index (χ2n) is 6.76. The highest BCUT2D eigenvalue weighted by Crippen LogP contribution is 2.26. The van der Waals surface area contributed by atoms with Gasteiger partial charge in [0.05, 0.1) is 13.2 Å². The third-order valence-corrected chi connectivity index (χ3v) is 5.22. The maximum atomic E-state index is 5.48. The van der Waals surface area contributed by atoms with Gasteiger partial charge in [0, 0.05) is 42.8 Å². The van der Waals surface area contributed by atoms with Crippen LogP contribution in [0.25, 0.3) is 0 Å². The topological polar surface area (TPSA) is 67.8 Å². The largest absolute Gasteiger partial charge is 0.475 e. The van der Waals surface area contributed by atoms with Gasteiger partial charge in [-0.1, -0.05) is 26.0 Å². The molecule has 0 aliphatic heterocycles. The summed E-state index contributed by atoms with van der Waals surface area (Å²) in [5.41, 5.74) is 1.08. The molecule has 2 rings (SSSR count). The first-order chi connectivity index (χ1) is 13.0. The standard InChI is InChI=1S/C20H30N4O2S.HI/c1-5-21-19(24-15-20(2,3)17-7-6-12-27-17)23-14-16-8-9-18(22-13-16)26-11-10-25-4;/h6-9,12-13H,5,10-11,14-15H2,1-4H3,(H2,21,23,24);1H. The molecule has 0 amide bonds. The summed E-state index contributed by atoms with van der Waals surface area (Å²) in [5, 5.41) is 8.87. The molecule has 2 aromatic heterocycles. The second-order valence-corrected chi connectivity index (χ2v) is 7.70. The molecule has 6 nitrogen and oxygen atoms in total. The molecule has 0 bridgehead atoms. The number of ether oxygens (including phenoxy) is 2.